The molecule has 0 atom stereocenters. The molecule has 3 heterocycles. The molecule has 0 unspecified atom stereocenters. The van der Waals surface area contributed by atoms with Gasteiger partial charge in [0.05, 0.1) is 48.7 Å². The molecule has 8 aromatic rings. The molecule has 16 heteroatoms. The van der Waals surface area contributed by atoms with Crippen LogP contribution in [0.15, 0.2) is 127 Å². The third-order valence-electron chi connectivity index (χ3n) is 12.1. The second-order valence-corrected chi connectivity index (χ2v) is 39.1. The van der Waals surface area contributed by atoms with Crippen LogP contribution in [-0.2, 0) is 18.9 Å². The normalized spacial score (nSPS) is 10.9. The molecule has 0 amide bonds. The predicted molar refractivity (Wildman–Crippen MR) is 334 cm³/mol. The van der Waals surface area contributed by atoms with Crippen LogP contribution in [0.25, 0.3) is 52.5 Å². The SMILES string of the molecule is Brc1cccc2sccc12.CCC[CH2][Sn]([Cl])([CH2]CCC)[CH2]CCC.CCOC(=O)c1cc(-c2cccc3sccc23)c(C(=O)OCC)cc1-c1cccc2sccc12.CCOC(=O)c1cc(Br)c(C(=O)OCC)cc1Br. The molecule has 0 radical (unpaired) electrons. The molecular weight excluding hydrogens is 1340 g/mol. The molecule has 8 nitrogen and oxygen atoms in total. The van der Waals surface area contributed by atoms with E-state index in [1.54, 1.807) is 73.8 Å². The van der Waals surface area contributed by atoms with Crippen LogP contribution in [-0.4, -0.2) is 67.6 Å². The first kappa shape index (κ1) is 63.2. The maximum Gasteiger partial charge on any atom is 0.339 e. The van der Waals surface area contributed by atoms with Crippen LogP contribution < -0.4 is 0 Å². The largest absolute Gasteiger partial charge is 0.462 e. The Morgan fingerprint density at radius 2 is 0.750 bits per heavy atom. The summed E-state index contributed by atoms with van der Waals surface area (Å²) in [6.45, 7) is 15.0. The minimum Gasteiger partial charge on any atom is -0.462 e. The number of ether oxygens (including phenoxy) is 4. The maximum atomic E-state index is 13.2. The standard InChI is InChI=1S/C28H22O4S2.C12H12Br2O4.C8H5BrS.3C4H9.ClH.Sn/c1-3-31-27(29)23-15-22(18-8-6-10-26-20(18)12-14-34-26)24(28(30)32-4-2)16-21(23)17-7-5-9-25-19(17)11-13-33-25;1-3-17-11(15)7-5-10(14)8(6-9(7)13)12(16)18-4-2;9-7-2-1-3-8-6(7)4-5-10-8;3*1-3-4-2;;/h5-16H,3-4H2,1-2H3;5-6H,3-4H2,1-2H3;1-5H;3*1,3-4H2,2H3;1H;/q;;;;;;;+1/p-1. The monoisotopic (exact) mass is 1400 g/mol. The second-order valence-electron chi connectivity index (χ2n) is 17.4. The number of esters is 4. The molecule has 0 spiro atoms. The number of hydrogen-bond donors (Lipinski definition) is 0. The number of fused-ring (bicyclic) bond motifs is 3. The Hall–Kier alpha value is -3.61. The fraction of sp³-hybridized carbons (Fsp3) is 0.333. The zero-order valence-electron chi connectivity index (χ0n) is 44.2. The van der Waals surface area contributed by atoms with E-state index in [1.165, 1.54) is 78.5 Å². The molecule has 0 aliphatic rings. The van der Waals surface area contributed by atoms with E-state index in [2.05, 4.69) is 98.2 Å². The first-order chi connectivity index (χ1) is 36.7. The number of hydrogen-bond acceptors (Lipinski definition) is 11. The van der Waals surface area contributed by atoms with Gasteiger partial charge in [0.2, 0.25) is 0 Å². The quantitative estimate of drug-likeness (QED) is 0.0448. The Bertz CT molecular complexity index is 3010. The number of benzene rings is 5. The van der Waals surface area contributed by atoms with Crippen molar-refractivity contribution in [1.29, 1.82) is 0 Å². The van der Waals surface area contributed by atoms with Crippen molar-refractivity contribution in [2.75, 3.05) is 26.4 Å². The topological polar surface area (TPSA) is 105 Å². The van der Waals surface area contributed by atoms with Crippen molar-refractivity contribution in [2.45, 2.75) is 100 Å². The molecule has 0 aliphatic carbocycles. The zero-order valence-corrected chi connectivity index (χ0v) is 55.0. The van der Waals surface area contributed by atoms with Crippen molar-refractivity contribution < 1.29 is 38.1 Å². The van der Waals surface area contributed by atoms with E-state index in [0.29, 0.717) is 55.5 Å². The molecule has 0 N–H and O–H groups in total. The van der Waals surface area contributed by atoms with Crippen molar-refractivity contribution in [1.82, 2.24) is 0 Å². The fourth-order valence-corrected chi connectivity index (χ4v) is 25.7. The molecule has 0 aliphatic heterocycles. The summed E-state index contributed by atoms with van der Waals surface area (Å²) < 4.78 is 30.7. The molecule has 76 heavy (non-hydrogen) atoms. The minimum absolute atomic E-state index is 0.260. The number of thiophene rings is 3. The summed E-state index contributed by atoms with van der Waals surface area (Å²) in [6, 6.07) is 31.1. The summed E-state index contributed by atoms with van der Waals surface area (Å²) >= 11 is 12.9. The smallest absolute Gasteiger partial charge is 0.339 e. The summed E-state index contributed by atoms with van der Waals surface area (Å²) in [5.41, 5.74) is 4.65. The summed E-state index contributed by atoms with van der Waals surface area (Å²) in [6.07, 6.45) is 8.12. The maximum absolute atomic E-state index is 13.2. The average Bonchev–Trinajstić information content (AvgIpc) is 4.24. The molecule has 404 valence electrons. The number of carbonyl (C=O) groups excluding carboxylic acids is 4. The van der Waals surface area contributed by atoms with Gasteiger partial charge in [-0.2, -0.15) is 0 Å². The Labute approximate surface area is 493 Å². The van der Waals surface area contributed by atoms with Crippen LogP contribution in [0.5, 0.6) is 0 Å². The van der Waals surface area contributed by atoms with Crippen LogP contribution >= 0.6 is 90.7 Å². The van der Waals surface area contributed by atoms with Crippen molar-refractivity contribution in [3.8, 4) is 22.3 Å². The molecule has 0 fully saturated rings. The third-order valence-corrected chi connectivity index (χ3v) is 31.3. The van der Waals surface area contributed by atoms with Crippen molar-refractivity contribution >= 4 is 162 Å². The molecular formula is C60H66Br3ClO8S3Sn. The summed E-state index contributed by atoms with van der Waals surface area (Å²) in [5.74, 6) is -1.72. The molecule has 8 rings (SSSR count). The summed E-state index contributed by atoms with van der Waals surface area (Å²) in [7, 11) is 6.89. The van der Waals surface area contributed by atoms with E-state index >= 15 is 0 Å². The zero-order chi connectivity index (χ0) is 55.2. The Kier molecular flexibility index (Phi) is 27.0. The van der Waals surface area contributed by atoms with Gasteiger partial charge in [-0.15, -0.1) is 34.0 Å². The molecule has 0 saturated heterocycles. The van der Waals surface area contributed by atoms with E-state index in [1.807, 2.05) is 59.3 Å². The number of rotatable bonds is 19. The van der Waals surface area contributed by atoms with Crippen molar-refractivity contribution in [3.05, 3.63) is 149 Å². The Morgan fingerprint density at radius 1 is 0.421 bits per heavy atom. The van der Waals surface area contributed by atoms with E-state index in [4.69, 9.17) is 27.9 Å². The summed E-state index contributed by atoms with van der Waals surface area (Å²) in [5, 5.41) is 9.52. The van der Waals surface area contributed by atoms with Gasteiger partial charge in [-0.3, -0.25) is 0 Å². The van der Waals surface area contributed by atoms with Crippen molar-refractivity contribution in [2.24, 2.45) is 0 Å². The van der Waals surface area contributed by atoms with Gasteiger partial charge in [0.1, 0.15) is 0 Å². The van der Waals surface area contributed by atoms with Gasteiger partial charge >= 0.3 is 123 Å². The van der Waals surface area contributed by atoms with E-state index in [0.717, 1.165) is 31.3 Å². The van der Waals surface area contributed by atoms with Gasteiger partial charge in [-0.1, -0.05) is 46.3 Å². The van der Waals surface area contributed by atoms with Crippen LogP contribution in [0.3, 0.4) is 0 Å². The molecule has 0 saturated carbocycles. The first-order valence-electron chi connectivity index (χ1n) is 25.8. The van der Waals surface area contributed by atoms with Crippen LogP contribution in [0.2, 0.25) is 13.3 Å². The minimum atomic E-state index is -2.09. The first-order valence-corrected chi connectivity index (χ1v) is 40.5. The molecule has 5 aromatic carbocycles. The van der Waals surface area contributed by atoms with Gasteiger partial charge in [0.15, 0.2) is 0 Å². The van der Waals surface area contributed by atoms with E-state index in [-0.39, 0.29) is 13.2 Å². The van der Waals surface area contributed by atoms with Gasteiger partial charge in [-0.05, 0) is 165 Å². The van der Waals surface area contributed by atoms with Crippen LogP contribution in [0.4, 0.5) is 0 Å². The Morgan fingerprint density at radius 3 is 1.09 bits per heavy atom. The number of halogens is 4. The van der Waals surface area contributed by atoms with Gasteiger partial charge in [-0.25, -0.2) is 19.2 Å². The molecule has 0 bridgehead atoms. The number of carbonyl (C=O) groups is 4. The second kappa shape index (κ2) is 32.5. The predicted octanol–water partition coefficient (Wildman–Crippen LogP) is 20.6. The van der Waals surface area contributed by atoms with Crippen LogP contribution in [0, 0.1) is 0 Å². The van der Waals surface area contributed by atoms with Crippen molar-refractivity contribution in [3.63, 3.8) is 0 Å². The van der Waals surface area contributed by atoms with E-state index < -0.39 is 41.1 Å². The van der Waals surface area contributed by atoms with Gasteiger partial charge in [0.25, 0.3) is 0 Å². The average molecular weight is 1410 g/mol. The van der Waals surface area contributed by atoms with Gasteiger partial charge in [0, 0.05) is 43.7 Å². The number of unbranched alkanes of at least 4 members (excludes halogenated alkanes) is 3. The fourth-order valence-electron chi connectivity index (χ4n) is 8.35. The third kappa shape index (κ3) is 17.4. The van der Waals surface area contributed by atoms with E-state index in [9.17, 15) is 19.2 Å². The molecule has 3 aromatic heterocycles. The van der Waals surface area contributed by atoms with Gasteiger partial charge < -0.3 is 18.9 Å². The summed E-state index contributed by atoms with van der Waals surface area (Å²) in [4.78, 5) is 49.6. The van der Waals surface area contributed by atoms with Crippen LogP contribution in [0.1, 0.15) is 128 Å². The Balaban J connectivity index is 0.000000212.